The molecule has 2 aromatic carbocycles. The molecule has 3 rings (SSSR count). The molecule has 138 valence electrons. The van der Waals surface area contributed by atoms with Gasteiger partial charge in [0.15, 0.2) is 0 Å². The zero-order chi connectivity index (χ0) is 19.4. The number of amides is 1. The molecule has 0 spiro atoms. The van der Waals surface area contributed by atoms with E-state index in [2.05, 4.69) is 5.32 Å². The van der Waals surface area contributed by atoms with Crippen LogP contribution in [0.25, 0.3) is 0 Å². The lowest BCUT2D eigenvalue weighted by molar-refractivity contribution is -0.384. The number of carbonyl (C=O) groups is 1. The van der Waals surface area contributed by atoms with Gasteiger partial charge in [-0.25, -0.2) is 0 Å². The molecule has 0 unspecified atom stereocenters. The fourth-order valence-corrected chi connectivity index (χ4v) is 3.35. The number of halogens is 1. The van der Waals surface area contributed by atoms with Gasteiger partial charge < -0.3 is 10.1 Å². The van der Waals surface area contributed by atoms with E-state index in [1.54, 1.807) is 43.3 Å². The van der Waals surface area contributed by atoms with E-state index in [0.29, 0.717) is 15.6 Å². The minimum Gasteiger partial charge on any atom is -0.489 e. The van der Waals surface area contributed by atoms with Crippen LogP contribution in [-0.2, 0) is 6.61 Å². The molecular weight excluding hydrogens is 388 g/mol. The van der Waals surface area contributed by atoms with Crippen molar-refractivity contribution in [1.29, 1.82) is 0 Å². The summed E-state index contributed by atoms with van der Waals surface area (Å²) in [5.74, 6) is 0.232. The molecule has 0 saturated heterocycles. The van der Waals surface area contributed by atoms with Crippen LogP contribution in [0.1, 0.15) is 20.8 Å². The largest absolute Gasteiger partial charge is 0.489 e. The highest BCUT2D eigenvalue weighted by atomic mass is 35.5. The van der Waals surface area contributed by atoms with Gasteiger partial charge in [0.2, 0.25) is 0 Å². The second-order valence-corrected chi connectivity index (χ2v) is 7.14. The molecule has 1 amide bonds. The minimum absolute atomic E-state index is 0.135. The summed E-state index contributed by atoms with van der Waals surface area (Å²) in [5.41, 5.74) is 1.60. The predicted octanol–water partition coefficient (Wildman–Crippen LogP) is 5.45. The Morgan fingerprint density at radius 1 is 1.26 bits per heavy atom. The number of anilines is 1. The highest BCUT2D eigenvalue weighted by molar-refractivity contribution is 7.12. The van der Waals surface area contributed by atoms with Crippen molar-refractivity contribution < 1.29 is 14.5 Å². The number of hydrogen-bond donors (Lipinski definition) is 1. The fourth-order valence-electron chi connectivity index (χ4n) is 2.38. The van der Waals surface area contributed by atoms with Crippen molar-refractivity contribution in [3.8, 4) is 5.75 Å². The van der Waals surface area contributed by atoms with Crippen molar-refractivity contribution in [1.82, 2.24) is 0 Å². The average Bonchev–Trinajstić information content (AvgIpc) is 3.10. The van der Waals surface area contributed by atoms with Gasteiger partial charge in [-0.1, -0.05) is 23.7 Å². The van der Waals surface area contributed by atoms with Crippen molar-refractivity contribution in [2.45, 2.75) is 13.5 Å². The first-order chi connectivity index (χ1) is 12.9. The Bertz CT molecular complexity index is 1000. The normalized spacial score (nSPS) is 10.4. The molecule has 1 heterocycles. The molecule has 8 heteroatoms. The van der Waals surface area contributed by atoms with Crippen molar-refractivity contribution in [3.63, 3.8) is 0 Å². The summed E-state index contributed by atoms with van der Waals surface area (Å²) in [6.45, 7) is 2.04. The predicted molar refractivity (Wildman–Crippen MR) is 106 cm³/mol. The van der Waals surface area contributed by atoms with Crippen LogP contribution in [0.2, 0.25) is 5.02 Å². The van der Waals surface area contributed by atoms with Gasteiger partial charge in [-0.2, -0.15) is 0 Å². The first-order valence-electron chi connectivity index (χ1n) is 7.94. The summed E-state index contributed by atoms with van der Waals surface area (Å²) in [6.07, 6.45) is 0. The molecule has 0 atom stereocenters. The van der Waals surface area contributed by atoms with E-state index in [1.165, 1.54) is 23.5 Å². The third kappa shape index (κ3) is 4.84. The Morgan fingerprint density at radius 3 is 2.81 bits per heavy atom. The van der Waals surface area contributed by atoms with Crippen molar-refractivity contribution >= 4 is 40.2 Å². The molecule has 0 fully saturated rings. The van der Waals surface area contributed by atoms with Crippen LogP contribution in [-0.4, -0.2) is 10.8 Å². The van der Waals surface area contributed by atoms with Crippen LogP contribution in [0.15, 0.2) is 53.9 Å². The number of ether oxygens (including phenoxy) is 1. The lowest BCUT2D eigenvalue weighted by atomic mass is 10.2. The van der Waals surface area contributed by atoms with Gasteiger partial charge in [-0.15, -0.1) is 11.3 Å². The summed E-state index contributed by atoms with van der Waals surface area (Å²) < 4.78 is 5.65. The number of carbonyl (C=O) groups excluding carboxylic acids is 1. The molecule has 3 aromatic rings. The number of nitro groups is 1. The molecule has 0 radical (unpaired) electrons. The van der Waals surface area contributed by atoms with Gasteiger partial charge >= 0.3 is 0 Å². The van der Waals surface area contributed by atoms with Crippen molar-refractivity contribution in [2.75, 3.05) is 5.32 Å². The number of nitrogens with one attached hydrogen (secondary N) is 1. The standard InChI is InChI=1S/C19H15ClN2O4S/c1-12-5-6-16(17(7-12)22(24)25)21-19(23)18-8-13(11-27-18)10-26-15-4-2-3-14(20)9-15/h2-9,11H,10H2,1H3,(H,21,23). The van der Waals surface area contributed by atoms with Crippen molar-refractivity contribution in [2.24, 2.45) is 0 Å². The fraction of sp³-hybridized carbons (Fsp3) is 0.105. The molecule has 0 aliphatic carbocycles. The molecule has 0 aliphatic heterocycles. The zero-order valence-electron chi connectivity index (χ0n) is 14.3. The molecule has 1 N–H and O–H groups in total. The number of thiophene rings is 1. The topological polar surface area (TPSA) is 81.5 Å². The first-order valence-corrected chi connectivity index (χ1v) is 9.20. The maximum Gasteiger partial charge on any atom is 0.293 e. The number of rotatable bonds is 6. The third-order valence-electron chi connectivity index (χ3n) is 3.68. The molecule has 0 saturated carbocycles. The lowest BCUT2D eigenvalue weighted by Crippen LogP contribution is -2.11. The number of nitro benzene ring substituents is 1. The Hall–Kier alpha value is -2.90. The van der Waals surface area contributed by atoms with Crippen LogP contribution in [0.4, 0.5) is 11.4 Å². The van der Waals surface area contributed by atoms with E-state index in [1.807, 2.05) is 5.38 Å². The van der Waals surface area contributed by atoms with E-state index in [-0.39, 0.29) is 18.0 Å². The van der Waals surface area contributed by atoms with Gasteiger partial charge in [-0.05, 0) is 48.2 Å². The summed E-state index contributed by atoms with van der Waals surface area (Å²) in [6, 6.07) is 13.4. The maximum atomic E-state index is 12.4. The summed E-state index contributed by atoms with van der Waals surface area (Å²) >= 11 is 7.16. The molecule has 6 nitrogen and oxygen atoms in total. The molecule has 0 aliphatic rings. The van der Waals surface area contributed by atoms with Gasteiger partial charge in [-0.3, -0.25) is 14.9 Å². The smallest absolute Gasteiger partial charge is 0.293 e. The Morgan fingerprint density at radius 2 is 2.07 bits per heavy atom. The first kappa shape index (κ1) is 18.9. The number of nitrogens with zero attached hydrogens (tertiary/aromatic N) is 1. The van der Waals surface area contributed by atoms with Crippen LogP contribution >= 0.6 is 22.9 Å². The van der Waals surface area contributed by atoms with Crippen LogP contribution in [0.3, 0.4) is 0 Å². The quantitative estimate of drug-likeness (QED) is 0.439. The lowest BCUT2D eigenvalue weighted by Gasteiger charge is -2.06. The van der Waals surface area contributed by atoms with E-state index in [0.717, 1.165) is 11.1 Å². The van der Waals surface area contributed by atoms with Crippen molar-refractivity contribution in [3.05, 3.63) is 85.1 Å². The average molecular weight is 403 g/mol. The molecule has 0 bridgehead atoms. The summed E-state index contributed by atoms with van der Waals surface area (Å²) in [7, 11) is 0. The third-order valence-corrected chi connectivity index (χ3v) is 4.89. The van der Waals surface area contributed by atoms with Gasteiger partial charge in [0, 0.05) is 16.7 Å². The summed E-state index contributed by atoms with van der Waals surface area (Å²) in [4.78, 5) is 23.5. The van der Waals surface area contributed by atoms with E-state index in [4.69, 9.17) is 16.3 Å². The van der Waals surface area contributed by atoms with E-state index in [9.17, 15) is 14.9 Å². The number of aryl methyl sites for hydroxylation is 1. The monoisotopic (exact) mass is 402 g/mol. The highest BCUT2D eigenvalue weighted by Gasteiger charge is 2.18. The zero-order valence-corrected chi connectivity index (χ0v) is 15.8. The maximum absolute atomic E-state index is 12.4. The van der Waals surface area contributed by atoms with Gasteiger partial charge in [0.05, 0.1) is 9.80 Å². The SMILES string of the molecule is Cc1ccc(NC(=O)c2cc(COc3cccc(Cl)c3)cs2)c([N+](=O)[O-])c1. The molecule has 27 heavy (non-hydrogen) atoms. The second-order valence-electron chi connectivity index (χ2n) is 5.80. The van der Waals surface area contributed by atoms with Crippen LogP contribution in [0.5, 0.6) is 5.75 Å². The van der Waals surface area contributed by atoms with Gasteiger partial charge in [0.1, 0.15) is 18.0 Å². The number of benzene rings is 2. The Labute approximate surface area is 164 Å². The Balaban J connectivity index is 1.68. The number of hydrogen-bond acceptors (Lipinski definition) is 5. The van der Waals surface area contributed by atoms with Crippen LogP contribution in [0, 0.1) is 17.0 Å². The second kappa shape index (κ2) is 8.20. The van der Waals surface area contributed by atoms with Crippen LogP contribution < -0.4 is 10.1 Å². The molecular formula is C19H15ClN2O4S. The van der Waals surface area contributed by atoms with E-state index < -0.39 is 10.8 Å². The summed E-state index contributed by atoms with van der Waals surface area (Å²) in [5, 5.41) is 16.2. The van der Waals surface area contributed by atoms with Gasteiger partial charge in [0.25, 0.3) is 11.6 Å². The Kier molecular flexibility index (Phi) is 5.73. The van der Waals surface area contributed by atoms with E-state index >= 15 is 0 Å². The molecule has 1 aromatic heterocycles. The highest BCUT2D eigenvalue weighted by Crippen LogP contribution is 2.27. The minimum atomic E-state index is -0.513.